The summed E-state index contributed by atoms with van der Waals surface area (Å²) in [5.74, 6) is -1.68. The molecule has 0 radical (unpaired) electrons. The molecular weight excluding hydrogens is 287 g/mol. The summed E-state index contributed by atoms with van der Waals surface area (Å²) in [6.45, 7) is 2.04. The van der Waals surface area contributed by atoms with Gasteiger partial charge in [-0.2, -0.15) is 0 Å². The normalized spacial score (nSPS) is 11.8. The fourth-order valence-electron chi connectivity index (χ4n) is 1.60. The third kappa shape index (κ3) is 5.44. The molecule has 1 aromatic rings. The number of amides is 2. The zero-order valence-corrected chi connectivity index (χ0v) is 11.7. The maximum atomic E-state index is 13.4. The number of carboxylic acid groups (broad SMARTS) is 1. The van der Waals surface area contributed by atoms with Crippen molar-refractivity contribution in [2.45, 2.75) is 19.8 Å². The minimum Gasteiger partial charge on any atom is -0.481 e. The highest BCUT2D eigenvalue weighted by molar-refractivity contribution is 6.30. The van der Waals surface area contributed by atoms with Gasteiger partial charge in [0.15, 0.2) is 0 Å². The molecule has 5 nitrogen and oxygen atoms in total. The van der Waals surface area contributed by atoms with E-state index in [1.165, 1.54) is 12.1 Å². The average molecular weight is 303 g/mol. The number of carbonyl (C=O) groups is 2. The molecule has 1 unspecified atom stereocenters. The number of urea groups is 1. The number of halogens is 2. The molecule has 0 saturated heterocycles. The molecule has 0 aliphatic heterocycles. The van der Waals surface area contributed by atoms with Crippen LogP contribution in [0.1, 0.15) is 19.8 Å². The average Bonchev–Trinajstić information content (AvgIpc) is 2.38. The molecule has 7 heteroatoms. The lowest BCUT2D eigenvalue weighted by Crippen LogP contribution is -2.33. The van der Waals surface area contributed by atoms with Gasteiger partial charge in [0, 0.05) is 18.0 Å². The summed E-state index contributed by atoms with van der Waals surface area (Å²) in [6, 6.07) is 3.22. The van der Waals surface area contributed by atoms with Crippen LogP contribution in [-0.4, -0.2) is 23.7 Å². The predicted octanol–water partition coefficient (Wildman–Crippen LogP) is 3.10. The number of hydrogen-bond acceptors (Lipinski definition) is 2. The van der Waals surface area contributed by atoms with Gasteiger partial charge in [-0.25, -0.2) is 9.18 Å². The van der Waals surface area contributed by atoms with Gasteiger partial charge >= 0.3 is 12.0 Å². The summed E-state index contributed by atoms with van der Waals surface area (Å²) in [5.41, 5.74) is -0.0266. The highest BCUT2D eigenvalue weighted by atomic mass is 35.5. The molecule has 0 aliphatic rings. The number of carboxylic acids is 1. The van der Waals surface area contributed by atoms with E-state index in [9.17, 15) is 14.0 Å². The van der Waals surface area contributed by atoms with Gasteiger partial charge in [-0.3, -0.25) is 4.79 Å². The van der Waals surface area contributed by atoms with E-state index in [1.54, 1.807) is 0 Å². The van der Waals surface area contributed by atoms with Gasteiger partial charge in [-0.1, -0.05) is 24.9 Å². The van der Waals surface area contributed by atoms with Crippen molar-refractivity contribution in [1.82, 2.24) is 5.32 Å². The third-order valence-electron chi connectivity index (χ3n) is 2.77. The van der Waals surface area contributed by atoms with Crippen LogP contribution in [0, 0.1) is 11.7 Å². The van der Waals surface area contributed by atoms with Gasteiger partial charge in [0.25, 0.3) is 0 Å². The maximum absolute atomic E-state index is 13.4. The fourth-order valence-corrected chi connectivity index (χ4v) is 1.78. The van der Waals surface area contributed by atoms with Gasteiger partial charge in [0.2, 0.25) is 0 Å². The molecule has 0 heterocycles. The number of rotatable bonds is 6. The summed E-state index contributed by atoms with van der Waals surface area (Å²) >= 11 is 5.70. The maximum Gasteiger partial charge on any atom is 0.319 e. The van der Waals surface area contributed by atoms with Crippen molar-refractivity contribution in [3.63, 3.8) is 0 Å². The van der Waals surface area contributed by atoms with E-state index in [0.29, 0.717) is 11.4 Å². The summed E-state index contributed by atoms with van der Waals surface area (Å²) in [5, 5.41) is 13.8. The zero-order valence-electron chi connectivity index (χ0n) is 11.0. The first-order valence-electron chi connectivity index (χ1n) is 6.14. The lowest BCUT2D eigenvalue weighted by atomic mass is 10.0. The lowest BCUT2D eigenvalue weighted by molar-refractivity contribution is -0.138. The molecule has 0 fully saturated rings. The van der Waals surface area contributed by atoms with Crippen LogP contribution < -0.4 is 10.6 Å². The highest BCUT2D eigenvalue weighted by Gasteiger charge is 2.13. The topological polar surface area (TPSA) is 78.4 Å². The van der Waals surface area contributed by atoms with E-state index < -0.39 is 17.8 Å². The second kappa shape index (κ2) is 7.69. The second-order valence-corrected chi connectivity index (χ2v) is 4.77. The number of benzene rings is 1. The van der Waals surface area contributed by atoms with Crippen molar-refractivity contribution >= 4 is 29.3 Å². The summed E-state index contributed by atoms with van der Waals surface area (Å²) < 4.78 is 13.4. The van der Waals surface area contributed by atoms with Crippen LogP contribution in [0.25, 0.3) is 0 Å². The molecule has 20 heavy (non-hydrogen) atoms. The van der Waals surface area contributed by atoms with Crippen LogP contribution in [-0.2, 0) is 4.79 Å². The van der Waals surface area contributed by atoms with E-state index in [4.69, 9.17) is 16.7 Å². The Hall–Kier alpha value is -1.82. The summed E-state index contributed by atoms with van der Waals surface area (Å²) in [7, 11) is 0. The van der Waals surface area contributed by atoms with Crippen LogP contribution in [0.15, 0.2) is 18.2 Å². The fraction of sp³-hybridized carbons (Fsp3) is 0.385. The first-order chi connectivity index (χ1) is 9.42. The summed E-state index contributed by atoms with van der Waals surface area (Å²) in [4.78, 5) is 22.2. The van der Waals surface area contributed by atoms with Gasteiger partial charge in [0.05, 0.1) is 5.69 Å². The molecule has 1 atom stereocenters. The van der Waals surface area contributed by atoms with Crippen molar-refractivity contribution in [3.8, 4) is 0 Å². The van der Waals surface area contributed by atoms with Gasteiger partial charge in [-0.05, 0) is 24.1 Å². The van der Waals surface area contributed by atoms with Gasteiger partial charge < -0.3 is 15.7 Å². The minimum atomic E-state index is -0.917. The van der Waals surface area contributed by atoms with Crippen LogP contribution in [0.3, 0.4) is 0 Å². The van der Waals surface area contributed by atoms with E-state index >= 15 is 0 Å². The number of anilines is 1. The lowest BCUT2D eigenvalue weighted by Gasteiger charge is -2.14. The Bertz CT molecular complexity index is 497. The van der Waals surface area contributed by atoms with Gasteiger partial charge in [-0.15, -0.1) is 0 Å². The van der Waals surface area contributed by atoms with Crippen molar-refractivity contribution in [3.05, 3.63) is 29.0 Å². The van der Waals surface area contributed by atoms with Crippen LogP contribution in [0.5, 0.6) is 0 Å². The SMILES string of the molecule is CCC(CNC(=O)Nc1cc(Cl)ccc1F)CC(=O)O. The predicted molar refractivity (Wildman–Crippen MR) is 74.5 cm³/mol. The highest BCUT2D eigenvalue weighted by Crippen LogP contribution is 2.19. The Morgan fingerprint density at radius 1 is 1.45 bits per heavy atom. The van der Waals surface area contributed by atoms with E-state index in [0.717, 1.165) is 6.07 Å². The van der Waals surface area contributed by atoms with Crippen LogP contribution >= 0.6 is 11.6 Å². The molecule has 2 amide bonds. The molecule has 110 valence electrons. The summed E-state index contributed by atoms with van der Waals surface area (Å²) in [6.07, 6.45) is 0.598. The molecule has 1 aromatic carbocycles. The Balaban J connectivity index is 2.51. The molecule has 0 saturated carbocycles. The van der Waals surface area contributed by atoms with Crippen molar-refractivity contribution in [2.75, 3.05) is 11.9 Å². The Morgan fingerprint density at radius 3 is 2.75 bits per heavy atom. The van der Waals surface area contributed by atoms with E-state index in [-0.39, 0.29) is 24.6 Å². The Morgan fingerprint density at radius 2 is 2.15 bits per heavy atom. The first-order valence-corrected chi connectivity index (χ1v) is 6.51. The van der Waals surface area contributed by atoms with E-state index in [2.05, 4.69) is 10.6 Å². The largest absolute Gasteiger partial charge is 0.481 e. The van der Waals surface area contributed by atoms with E-state index in [1.807, 2.05) is 6.92 Å². The number of hydrogen-bond donors (Lipinski definition) is 3. The number of aliphatic carboxylic acids is 1. The Labute approximate surface area is 121 Å². The van der Waals surface area contributed by atoms with Gasteiger partial charge in [0.1, 0.15) is 5.82 Å². The Kier molecular flexibility index (Phi) is 6.24. The number of carbonyl (C=O) groups excluding carboxylic acids is 1. The van der Waals surface area contributed by atoms with Crippen LogP contribution in [0.2, 0.25) is 5.02 Å². The molecular formula is C13H16ClFN2O3. The molecule has 0 aromatic heterocycles. The molecule has 0 spiro atoms. The first kappa shape index (κ1) is 16.2. The molecule has 3 N–H and O–H groups in total. The molecule has 0 aliphatic carbocycles. The van der Waals surface area contributed by atoms with Crippen molar-refractivity contribution < 1.29 is 19.1 Å². The smallest absolute Gasteiger partial charge is 0.319 e. The standard InChI is InChI=1S/C13H16ClFN2O3/c1-2-8(5-12(18)19)7-16-13(20)17-11-6-9(14)3-4-10(11)15/h3-4,6,8H,2,5,7H2,1H3,(H,18,19)(H2,16,17,20). The molecule has 1 rings (SSSR count). The molecule has 0 bridgehead atoms. The zero-order chi connectivity index (χ0) is 15.1. The monoisotopic (exact) mass is 302 g/mol. The number of nitrogens with one attached hydrogen (secondary N) is 2. The minimum absolute atomic E-state index is 0.0255. The third-order valence-corrected chi connectivity index (χ3v) is 3.00. The quantitative estimate of drug-likeness (QED) is 0.755. The van der Waals surface area contributed by atoms with Crippen LogP contribution in [0.4, 0.5) is 14.9 Å². The van der Waals surface area contributed by atoms with Crippen molar-refractivity contribution in [2.24, 2.45) is 5.92 Å². The van der Waals surface area contributed by atoms with Crippen molar-refractivity contribution in [1.29, 1.82) is 0 Å². The second-order valence-electron chi connectivity index (χ2n) is 4.33.